The molecule has 1 fully saturated rings. The van der Waals surface area contributed by atoms with Crippen molar-refractivity contribution in [1.82, 2.24) is 20.3 Å². The number of aryl methyl sites for hydroxylation is 1. The molecular formula is C17H17FN4O3. The molecule has 0 radical (unpaired) electrons. The molecule has 0 unspecified atom stereocenters. The summed E-state index contributed by atoms with van der Waals surface area (Å²) in [5.74, 6) is -0.668. The second-order valence-electron chi connectivity index (χ2n) is 6.41. The lowest BCUT2D eigenvalue weighted by Gasteiger charge is -2.41. The second kappa shape index (κ2) is 5.96. The van der Waals surface area contributed by atoms with E-state index in [9.17, 15) is 14.3 Å². The zero-order chi connectivity index (χ0) is 17.6. The van der Waals surface area contributed by atoms with Crippen molar-refractivity contribution < 1.29 is 18.8 Å². The van der Waals surface area contributed by atoms with Gasteiger partial charge in [0.05, 0.1) is 30.8 Å². The van der Waals surface area contributed by atoms with Gasteiger partial charge < -0.3 is 14.9 Å². The Morgan fingerprint density at radius 2 is 2.36 bits per heavy atom. The highest BCUT2D eigenvalue weighted by atomic mass is 19.1. The Balaban J connectivity index is 1.46. The quantitative estimate of drug-likeness (QED) is 0.748. The van der Waals surface area contributed by atoms with E-state index >= 15 is 0 Å². The van der Waals surface area contributed by atoms with E-state index in [0.29, 0.717) is 23.1 Å². The van der Waals surface area contributed by atoms with Gasteiger partial charge in [-0.1, -0.05) is 5.16 Å². The molecule has 0 aliphatic heterocycles. The summed E-state index contributed by atoms with van der Waals surface area (Å²) in [5.41, 5.74) is 1.81. The van der Waals surface area contributed by atoms with E-state index in [1.54, 1.807) is 10.9 Å². The number of rotatable bonds is 4. The first-order chi connectivity index (χ1) is 12.0. The average molecular weight is 344 g/mol. The zero-order valence-corrected chi connectivity index (χ0v) is 13.5. The number of fused-ring (bicyclic) bond motifs is 1. The third-order valence-corrected chi connectivity index (χ3v) is 4.52. The van der Waals surface area contributed by atoms with Gasteiger partial charge in [0.25, 0.3) is 0 Å². The Kier molecular flexibility index (Phi) is 3.76. The van der Waals surface area contributed by atoms with Crippen LogP contribution in [0.3, 0.4) is 0 Å². The summed E-state index contributed by atoms with van der Waals surface area (Å²) in [6.07, 6.45) is 3.43. The number of benzene rings is 1. The zero-order valence-electron chi connectivity index (χ0n) is 13.5. The van der Waals surface area contributed by atoms with E-state index in [0.717, 1.165) is 5.56 Å². The number of aliphatic hydroxyl groups excluding tert-OH is 1. The van der Waals surface area contributed by atoms with Crippen LogP contribution in [-0.4, -0.2) is 38.1 Å². The molecule has 3 atom stereocenters. The number of carbonyl (C=O) groups is 1. The average Bonchev–Trinajstić information content (AvgIpc) is 3.13. The van der Waals surface area contributed by atoms with E-state index in [1.165, 1.54) is 18.2 Å². The molecule has 1 amide bonds. The molecule has 8 heteroatoms. The normalized spacial score (nSPS) is 22.8. The molecule has 1 aliphatic rings. The van der Waals surface area contributed by atoms with E-state index < -0.39 is 11.9 Å². The number of carbonyl (C=O) groups excluding carboxylic acids is 1. The van der Waals surface area contributed by atoms with Gasteiger partial charge in [0.15, 0.2) is 5.58 Å². The van der Waals surface area contributed by atoms with Crippen LogP contribution in [0.5, 0.6) is 0 Å². The van der Waals surface area contributed by atoms with Crippen LogP contribution < -0.4 is 5.32 Å². The molecule has 1 aliphatic carbocycles. The third kappa shape index (κ3) is 2.89. The summed E-state index contributed by atoms with van der Waals surface area (Å²) in [4.78, 5) is 12.3. The SMILES string of the molecule is Cc1cnn([C@H]2[C@H](O)C[C@@H]2NC(=O)Cc2noc3ccc(F)cc23)c1. The van der Waals surface area contributed by atoms with Crippen LogP contribution in [0.2, 0.25) is 0 Å². The molecule has 2 aromatic heterocycles. The minimum atomic E-state index is -0.549. The van der Waals surface area contributed by atoms with Crippen LogP contribution in [0.15, 0.2) is 35.1 Å². The van der Waals surface area contributed by atoms with Crippen LogP contribution in [0.25, 0.3) is 11.0 Å². The molecule has 2 N–H and O–H groups in total. The topological polar surface area (TPSA) is 93.2 Å². The van der Waals surface area contributed by atoms with Gasteiger partial charge in [0.1, 0.15) is 11.5 Å². The van der Waals surface area contributed by atoms with Gasteiger partial charge in [-0.25, -0.2) is 4.39 Å². The first kappa shape index (κ1) is 15.8. The summed E-state index contributed by atoms with van der Waals surface area (Å²) in [7, 11) is 0. The van der Waals surface area contributed by atoms with Gasteiger partial charge in [-0.3, -0.25) is 9.48 Å². The standard InChI is InChI=1S/C17H17FN4O3/c1-9-7-19-22(8-9)17-13(5-14(17)23)20-16(24)6-12-11-4-10(18)2-3-15(11)25-21-12/h2-4,7-8,13-14,17,23H,5-6H2,1H3,(H,20,24)/t13-,14+,17+/m0/s1. The van der Waals surface area contributed by atoms with Crippen LogP contribution >= 0.6 is 0 Å². The Morgan fingerprint density at radius 3 is 3.08 bits per heavy atom. The van der Waals surface area contributed by atoms with Crippen molar-refractivity contribution in [2.24, 2.45) is 0 Å². The fourth-order valence-electron chi connectivity index (χ4n) is 3.21. The van der Waals surface area contributed by atoms with Gasteiger partial charge in [0, 0.05) is 11.6 Å². The number of nitrogens with zero attached hydrogens (tertiary/aromatic N) is 3. The molecule has 0 bridgehead atoms. The molecule has 0 saturated heterocycles. The molecule has 25 heavy (non-hydrogen) atoms. The molecule has 7 nitrogen and oxygen atoms in total. The molecule has 4 rings (SSSR count). The third-order valence-electron chi connectivity index (χ3n) is 4.52. The first-order valence-corrected chi connectivity index (χ1v) is 8.03. The predicted octanol–water partition coefficient (Wildman–Crippen LogP) is 1.51. The van der Waals surface area contributed by atoms with Crippen LogP contribution in [-0.2, 0) is 11.2 Å². The van der Waals surface area contributed by atoms with Gasteiger partial charge in [-0.05, 0) is 37.1 Å². The summed E-state index contributed by atoms with van der Waals surface area (Å²) in [6, 6.07) is 3.57. The maximum absolute atomic E-state index is 13.4. The van der Waals surface area contributed by atoms with E-state index in [1.807, 2.05) is 13.1 Å². The number of amides is 1. The number of aromatic nitrogens is 3. The Morgan fingerprint density at radius 1 is 1.52 bits per heavy atom. The molecule has 3 aromatic rings. The van der Waals surface area contributed by atoms with Crippen molar-refractivity contribution in [3.05, 3.63) is 47.7 Å². The minimum absolute atomic E-state index is 0.0199. The van der Waals surface area contributed by atoms with Gasteiger partial charge in [0.2, 0.25) is 5.91 Å². The van der Waals surface area contributed by atoms with Gasteiger partial charge in [-0.15, -0.1) is 0 Å². The van der Waals surface area contributed by atoms with Gasteiger partial charge >= 0.3 is 0 Å². The van der Waals surface area contributed by atoms with Gasteiger partial charge in [-0.2, -0.15) is 5.10 Å². The Bertz CT molecular complexity index is 935. The summed E-state index contributed by atoms with van der Waals surface area (Å²) in [6.45, 7) is 1.91. The lowest BCUT2D eigenvalue weighted by atomic mass is 9.83. The number of aliphatic hydroxyl groups is 1. The fraction of sp³-hybridized carbons (Fsp3) is 0.353. The van der Waals surface area contributed by atoms with Crippen molar-refractivity contribution in [2.75, 3.05) is 0 Å². The molecule has 0 spiro atoms. The van der Waals surface area contributed by atoms with E-state index in [-0.39, 0.29) is 24.4 Å². The highest BCUT2D eigenvalue weighted by Gasteiger charge is 2.42. The predicted molar refractivity (Wildman–Crippen MR) is 86.2 cm³/mol. The lowest BCUT2D eigenvalue weighted by Crippen LogP contribution is -2.56. The number of nitrogens with one attached hydrogen (secondary N) is 1. The van der Waals surface area contributed by atoms with Crippen molar-refractivity contribution >= 4 is 16.9 Å². The highest BCUT2D eigenvalue weighted by molar-refractivity contribution is 5.86. The smallest absolute Gasteiger partial charge is 0.226 e. The summed E-state index contributed by atoms with van der Waals surface area (Å²) >= 11 is 0. The molecular weight excluding hydrogens is 327 g/mol. The molecule has 130 valence electrons. The van der Waals surface area contributed by atoms with Crippen molar-refractivity contribution in [3.63, 3.8) is 0 Å². The minimum Gasteiger partial charge on any atom is -0.391 e. The lowest BCUT2D eigenvalue weighted by molar-refractivity contribution is -0.124. The fourth-order valence-corrected chi connectivity index (χ4v) is 3.21. The second-order valence-corrected chi connectivity index (χ2v) is 6.41. The van der Waals surface area contributed by atoms with Crippen LogP contribution in [0, 0.1) is 12.7 Å². The van der Waals surface area contributed by atoms with Crippen molar-refractivity contribution in [3.8, 4) is 0 Å². The summed E-state index contributed by atoms with van der Waals surface area (Å²) in [5, 5.41) is 21.4. The van der Waals surface area contributed by atoms with Crippen LogP contribution in [0.4, 0.5) is 4.39 Å². The Hall–Kier alpha value is -2.74. The maximum atomic E-state index is 13.4. The molecule has 2 heterocycles. The highest BCUT2D eigenvalue weighted by Crippen LogP contribution is 2.32. The van der Waals surface area contributed by atoms with Crippen LogP contribution in [0.1, 0.15) is 23.7 Å². The van der Waals surface area contributed by atoms with E-state index in [4.69, 9.17) is 4.52 Å². The monoisotopic (exact) mass is 344 g/mol. The van der Waals surface area contributed by atoms with E-state index in [2.05, 4.69) is 15.6 Å². The maximum Gasteiger partial charge on any atom is 0.226 e. The molecule has 1 aromatic carbocycles. The first-order valence-electron chi connectivity index (χ1n) is 8.03. The molecule has 1 saturated carbocycles. The summed E-state index contributed by atoms with van der Waals surface area (Å²) < 4.78 is 20.2. The number of hydrogen-bond acceptors (Lipinski definition) is 5. The Labute approximate surface area is 142 Å². The number of hydrogen-bond donors (Lipinski definition) is 2. The number of halogens is 1. The largest absolute Gasteiger partial charge is 0.391 e. The van der Waals surface area contributed by atoms with Crippen molar-refractivity contribution in [2.45, 2.75) is 38.0 Å². The van der Waals surface area contributed by atoms with Crippen molar-refractivity contribution in [1.29, 1.82) is 0 Å².